The quantitative estimate of drug-likeness (QED) is 0.872. The lowest BCUT2D eigenvalue weighted by molar-refractivity contribution is -0.129. The molecular formula is C14H18BrNO3. The molecule has 1 atom stereocenters. The van der Waals surface area contributed by atoms with Crippen LogP contribution in [0, 0.1) is 0 Å². The van der Waals surface area contributed by atoms with Crippen LogP contribution >= 0.6 is 15.9 Å². The number of halogens is 1. The average Bonchev–Trinajstić information content (AvgIpc) is 2.36. The highest BCUT2D eigenvalue weighted by molar-refractivity contribution is 9.10. The molecule has 2 N–H and O–H groups in total. The monoisotopic (exact) mass is 327 g/mol. The zero-order chi connectivity index (χ0) is 13.9. The van der Waals surface area contributed by atoms with Crippen molar-refractivity contribution in [3.05, 3.63) is 28.7 Å². The average molecular weight is 328 g/mol. The molecule has 5 heteroatoms. The first-order valence-corrected chi connectivity index (χ1v) is 7.20. The number of ether oxygens (including phenoxy) is 1. The number of carbonyl (C=O) groups excluding carboxylic acids is 1. The molecule has 0 aliphatic heterocycles. The summed E-state index contributed by atoms with van der Waals surface area (Å²) in [6.45, 7) is 2.00. The van der Waals surface area contributed by atoms with Crippen molar-refractivity contribution >= 4 is 21.8 Å². The number of hydrogen-bond acceptors (Lipinski definition) is 3. The molecular weight excluding hydrogens is 310 g/mol. The van der Waals surface area contributed by atoms with Crippen LogP contribution in [0.15, 0.2) is 28.7 Å². The van der Waals surface area contributed by atoms with Gasteiger partial charge in [-0.3, -0.25) is 4.79 Å². The van der Waals surface area contributed by atoms with Gasteiger partial charge >= 0.3 is 0 Å². The fourth-order valence-electron chi connectivity index (χ4n) is 1.93. The summed E-state index contributed by atoms with van der Waals surface area (Å²) >= 11 is 3.34. The van der Waals surface area contributed by atoms with Crippen LogP contribution in [0.25, 0.3) is 0 Å². The minimum atomic E-state index is -0.701. The lowest BCUT2D eigenvalue weighted by atomic mass is 9.80. The van der Waals surface area contributed by atoms with Gasteiger partial charge in [0.2, 0.25) is 0 Å². The van der Waals surface area contributed by atoms with Gasteiger partial charge in [-0.25, -0.2) is 0 Å². The Labute approximate surface area is 121 Å². The molecule has 1 unspecified atom stereocenters. The van der Waals surface area contributed by atoms with Gasteiger partial charge in [-0.05, 0) is 50.5 Å². The SMILES string of the molecule is CC(Oc1ccc(Br)cc1)C(=O)NCC1(O)CCC1. The molecule has 0 spiro atoms. The highest BCUT2D eigenvalue weighted by atomic mass is 79.9. The van der Waals surface area contributed by atoms with Crippen LogP contribution in [0.1, 0.15) is 26.2 Å². The molecule has 1 aromatic rings. The molecule has 1 fully saturated rings. The Morgan fingerprint density at radius 1 is 1.47 bits per heavy atom. The van der Waals surface area contributed by atoms with Crippen molar-refractivity contribution in [2.45, 2.75) is 37.9 Å². The van der Waals surface area contributed by atoms with E-state index in [0.29, 0.717) is 12.3 Å². The van der Waals surface area contributed by atoms with Crippen molar-refractivity contribution in [3.8, 4) is 5.75 Å². The first-order chi connectivity index (χ1) is 8.98. The molecule has 1 aliphatic rings. The fourth-order valence-corrected chi connectivity index (χ4v) is 2.19. The van der Waals surface area contributed by atoms with E-state index in [0.717, 1.165) is 23.7 Å². The van der Waals surface area contributed by atoms with Crippen molar-refractivity contribution in [1.29, 1.82) is 0 Å². The zero-order valence-electron chi connectivity index (χ0n) is 10.9. The van der Waals surface area contributed by atoms with Gasteiger partial charge in [0, 0.05) is 11.0 Å². The molecule has 1 saturated carbocycles. The lowest BCUT2D eigenvalue weighted by Gasteiger charge is -2.36. The highest BCUT2D eigenvalue weighted by Crippen LogP contribution is 2.30. The Morgan fingerprint density at radius 2 is 2.11 bits per heavy atom. The van der Waals surface area contributed by atoms with Crippen LogP contribution in [-0.4, -0.2) is 29.3 Å². The fraction of sp³-hybridized carbons (Fsp3) is 0.500. The summed E-state index contributed by atoms with van der Waals surface area (Å²) in [5, 5.41) is 12.6. The van der Waals surface area contributed by atoms with Gasteiger partial charge in [-0.1, -0.05) is 15.9 Å². The summed E-state index contributed by atoms with van der Waals surface area (Å²) in [5.41, 5.74) is -0.701. The van der Waals surface area contributed by atoms with Crippen molar-refractivity contribution in [3.63, 3.8) is 0 Å². The van der Waals surface area contributed by atoms with Crippen molar-refractivity contribution < 1.29 is 14.6 Å². The van der Waals surface area contributed by atoms with Gasteiger partial charge in [-0.2, -0.15) is 0 Å². The molecule has 2 rings (SSSR count). The summed E-state index contributed by atoms with van der Waals surface area (Å²) in [6.07, 6.45) is 1.96. The topological polar surface area (TPSA) is 58.6 Å². The number of nitrogens with one attached hydrogen (secondary N) is 1. The number of amides is 1. The summed E-state index contributed by atoms with van der Waals surface area (Å²) in [7, 11) is 0. The summed E-state index contributed by atoms with van der Waals surface area (Å²) < 4.78 is 6.50. The van der Waals surface area contributed by atoms with E-state index in [-0.39, 0.29) is 5.91 Å². The van der Waals surface area contributed by atoms with Crippen molar-refractivity contribution in [2.75, 3.05) is 6.54 Å². The zero-order valence-corrected chi connectivity index (χ0v) is 12.4. The summed E-state index contributed by atoms with van der Waals surface area (Å²) in [6, 6.07) is 7.31. The number of hydrogen-bond donors (Lipinski definition) is 2. The number of carbonyl (C=O) groups is 1. The maximum absolute atomic E-state index is 11.8. The maximum atomic E-state index is 11.8. The van der Waals surface area contributed by atoms with E-state index >= 15 is 0 Å². The third-order valence-corrected chi connectivity index (χ3v) is 3.90. The Morgan fingerprint density at radius 3 is 2.63 bits per heavy atom. The molecule has 1 aromatic carbocycles. The van der Waals surface area contributed by atoms with Crippen LogP contribution in [-0.2, 0) is 4.79 Å². The highest BCUT2D eigenvalue weighted by Gasteiger charge is 2.34. The van der Waals surface area contributed by atoms with Crippen LogP contribution < -0.4 is 10.1 Å². The molecule has 104 valence electrons. The molecule has 0 bridgehead atoms. The molecule has 1 aliphatic carbocycles. The van der Waals surface area contributed by atoms with E-state index < -0.39 is 11.7 Å². The van der Waals surface area contributed by atoms with Gasteiger partial charge in [0.1, 0.15) is 5.75 Å². The first-order valence-electron chi connectivity index (χ1n) is 6.41. The Hall–Kier alpha value is -1.07. The number of aliphatic hydroxyl groups is 1. The van der Waals surface area contributed by atoms with E-state index in [4.69, 9.17) is 4.74 Å². The second-order valence-corrected chi connectivity index (χ2v) is 5.93. The second kappa shape index (κ2) is 5.92. The molecule has 0 saturated heterocycles. The van der Waals surface area contributed by atoms with Crippen LogP contribution in [0.2, 0.25) is 0 Å². The van der Waals surface area contributed by atoms with E-state index in [2.05, 4.69) is 21.2 Å². The van der Waals surface area contributed by atoms with Crippen molar-refractivity contribution in [2.24, 2.45) is 0 Å². The van der Waals surface area contributed by atoms with Gasteiger partial charge in [0.25, 0.3) is 5.91 Å². The number of benzene rings is 1. The Kier molecular flexibility index (Phi) is 4.47. The Balaban J connectivity index is 1.80. The largest absolute Gasteiger partial charge is 0.481 e. The lowest BCUT2D eigenvalue weighted by Crippen LogP contribution is -2.50. The second-order valence-electron chi connectivity index (χ2n) is 5.01. The van der Waals surface area contributed by atoms with E-state index in [1.165, 1.54) is 0 Å². The van der Waals surface area contributed by atoms with E-state index in [9.17, 15) is 9.90 Å². The maximum Gasteiger partial charge on any atom is 0.260 e. The summed E-state index contributed by atoms with van der Waals surface area (Å²) in [5.74, 6) is 0.441. The molecule has 4 nitrogen and oxygen atoms in total. The molecule has 0 heterocycles. The normalized spacial score (nSPS) is 18.3. The standard InChI is InChI=1S/C14H18BrNO3/c1-10(19-12-5-3-11(15)4-6-12)13(17)16-9-14(18)7-2-8-14/h3-6,10,18H,2,7-9H2,1H3,(H,16,17). The van der Waals surface area contributed by atoms with Crippen molar-refractivity contribution in [1.82, 2.24) is 5.32 Å². The van der Waals surface area contributed by atoms with Gasteiger partial charge < -0.3 is 15.2 Å². The van der Waals surface area contributed by atoms with Gasteiger partial charge in [0.05, 0.1) is 5.60 Å². The van der Waals surface area contributed by atoms with Gasteiger partial charge in [0.15, 0.2) is 6.10 Å². The number of rotatable bonds is 5. The van der Waals surface area contributed by atoms with E-state index in [1.54, 1.807) is 19.1 Å². The van der Waals surface area contributed by atoms with Crippen LogP contribution in [0.4, 0.5) is 0 Å². The van der Waals surface area contributed by atoms with Gasteiger partial charge in [-0.15, -0.1) is 0 Å². The van der Waals surface area contributed by atoms with Crippen LogP contribution in [0.5, 0.6) is 5.75 Å². The Bertz CT molecular complexity index is 443. The van der Waals surface area contributed by atoms with E-state index in [1.807, 2.05) is 12.1 Å². The predicted octanol–water partition coefficient (Wildman–Crippen LogP) is 2.25. The minimum Gasteiger partial charge on any atom is -0.481 e. The molecule has 0 radical (unpaired) electrons. The minimum absolute atomic E-state index is 0.205. The molecule has 1 amide bonds. The molecule has 0 aromatic heterocycles. The smallest absolute Gasteiger partial charge is 0.260 e. The van der Waals surface area contributed by atoms with Crippen LogP contribution in [0.3, 0.4) is 0 Å². The third-order valence-electron chi connectivity index (χ3n) is 3.37. The molecule has 19 heavy (non-hydrogen) atoms. The predicted molar refractivity (Wildman–Crippen MR) is 76.0 cm³/mol. The third kappa shape index (κ3) is 3.94. The summed E-state index contributed by atoms with van der Waals surface area (Å²) in [4.78, 5) is 11.8. The first kappa shape index (κ1) is 14.3.